The van der Waals surface area contributed by atoms with Gasteiger partial charge in [0.25, 0.3) is 5.91 Å². The van der Waals surface area contributed by atoms with E-state index in [0.717, 1.165) is 5.52 Å². The van der Waals surface area contributed by atoms with Crippen molar-refractivity contribution in [2.45, 2.75) is 13.0 Å². The summed E-state index contributed by atoms with van der Waals surface area (Å²) in [6.07, 6.45) is 3.11. The topological polar surface area (TPSA) is 108 Å². The van der Waals surface area contributed by atoms with Gasteiger partial charge in [-0.2, -0.15) is 0 Å². The molecule has 4 rings (SSSR count). The van der Waals surface area contributed by atoms with E-state index in [2.05, 4.69) is 25.8 Å². The SMILES string of the molecule is O=C(CCn1cnnn1)Nc1ccccc1C(=O)n1cnc2ccccc21. The van der Waals surface area contributed by atoms with Gasteiger partial charge < -0.3 is 5.32 Å². The second-order valence-electron chi connectivity index (χ2n) is 5.83. The van der Waals surface area contributed by atoms with Crippen LogP contribution in [0.1, 0.15) is 16.8 Å². The van der Waals surface area contributed by atoms with Crippen LogP contribution in [0.25, 0.3) is 11.0 Å². The highest BCUT2D eigenvalue weighted by atomic mass is 16.2. The van der Waals surface area contributed by atoms with Crippen molar-refractivity contribution in [2.24, 2.45) is 0 Å². The molecule has 0 radical (unpaired) electrons. The molecule has 0 spiro atoms. The van der Waals surface area contributed by atoms with Gasteiger partial charge in [-0.3, -0.25) is 14.2 Å². The molecule has 0 saturated carbocycles. The summed E-state index contributed by atoms with van der Waals surface area (Å²) in [6.45, 7) is 0.348. The second-order valence-corrected chi connectivity index (χ2v) is 5.83. The van der Waals surface area contributed by atoms with Gasteiger partial charge >= 0.3 is 0 Å². The molecule has 27 heavy (non-hydrogen) atoms. The Morgan fingerprint density at radius 1 is 1.00 bits per heavy atom. The fraction of sp³-hybridized carbons (Fsp3) is 0.111. The van der Waals surface area contributed by atoms with Crippen molar-refractivity contribution in [1.82, 2.24) is 29.8 Å². The highest BCUT2D eigenvalue weighted by Gasteiger charge is 2.17. The minimum absolute atomic E-state index is 0.182. The van der Waals surface area contributed by atoms with E-state index >= 15 is 0 Å². The van der Waals surface area contributed by atoms with Gasteiger partial charge in [0.15, 0.2) is 0 Å². The lowest BCUT2D eigenvalue weighted by atomic mass is 10.1. The van der Waals surface area contributed by atoms with Crippen LogP contribution >= 0.6 is 0 Å². The molecule has 9 nitrogen and oxygen atoms in total. The van der Waals surface area contributed by atoms with E-state index in [-0.39, 0.29) is 18.2 Å². The third kappa shape index (κ3) is 3.43. The molecule has 0 fully saturated rings. The van der Waals surface area contributed by atoms with Crippen LogP contribution in [0, 0.1) is 0 Å². The number of carbonyl (C=O) groups excluding carboxylic acids is 2. The Balaban J connectivity index is 1.55. The molecule has 1 N–H and O–H groups in total. The number of amides is 1. The molecule has 134 valence electrons. The molecule has 0 atom stereocenters. The van der Waals surface area contributed by atoms with Gasteiger partial charge in [0.2, 0.25) is 5.91 Å². The number of nitrogens with one attached hydrogen (secondary N) is 1. The van der Waals surface area contributed by atoms with E-state index in [1.54, 1.807) is 24.3 Å². The van der Waals surface area contributed by atoms with Crippen molar-refractivity contribution in [1.29, 1.82) is 0 Å². The van der Waals surface area contributed by atoms with Gasteiger partial charge in [0.1, 0.15) is 12.7 Å². The number of imidazole rings is 1. The number of benzene rings is 2. The molecule has 0 saturated heterocycles. The monoisotopic (exact) mass is 361 g/mol. The van der Waals surface area contributed by atoms with Crippen molar-refractivity contribution >= 4 is 28.5 Å². The summed E-state index contributed by atoms with van der Waals surface area (Å²) in [7, 11) is 0. The van der Waals surface area contributed by atoms with Gasteiger partial charge in [-0.25, -0.2) is 9.67 Å². The zero-order chi connectivity index (χ0) is 18.6. The van der Waals surface area contributed by atoms with E-state index in [1.807, 2.05) is 24.3 Å². The third-order valence-corrected chi connectivity index (χ3v) is 4.06. The fourth-order valence-corrected chi connectivity index (χ4v) is 2.74. The summed E-state index contributed by atoms with van der Waals surface area (Å²) in [6, 6.07) is 14.3. The van der Waals surface area contributed by atoms with E-state index in [0.29, 0.717) is 23.3 Å². The summed E-state index contributed by atoms with van der Waals surface area (Å²) >= 11 is 0. The molecule has 0 aliphatic rings. The maximum Gasteiger partial charge on any atom is 0.265 e. The first-order valence-corrected chi connectivity index (χ1v) is 8.29. The largest absolute Gasteiger partial charge is 0.325 e. The minimum Gasteiger partial charge on any atom is -0.325 e. The van der Waals surface area contributed by atoms with Crippen LogP contribution < -0.4 is 5.32 Å². The number of anilines is 1. The first-order chi connectivity index (χ1) is 13.2. The number of hydrogen-bond donors (Lipinski definition) is 1. The molecule has 2 heterocycles. The van der Waals surface area contributed by atoms with Crippen LogP contribution in [0.5, 0.6) is 0 Å². The molecule has 0 bridgehead atoms. The lowest BCUT2D eigenvalue weighted by molar-refractivity contribution is -0.116. The number of hydrogen-bond acceptors (Lipinski definition) is 6. The van der Waals surface area contributed by atoms with Gasteiger partial charge in [-0.15, -0.1) is 5.10 Å². The summed E-state index contributed by atoms with van der Waals surface area (Å²) in [5.41, 5.74) is 2.27. The van der Waals surface area contributed by atoms with Crippen molar-refractivity contribution in [2.75, 3.05) is 5.32 Å². The van der Waals surface area contributed by atoms with Crippen molar-refractivity contribution < 1.29 is 9.59 Å². The molecule has 2 aromatic carbocycles. The predicted molar refractivity (Wildman–Crippen MR) is 97.0 cm³/mol. The number of tetrazole rings is 1. The molecule has 1 amide bonds. The average molecular weight is 361 g/mol. The first kappa shape index (κ1) is 16.6. The van der Waals surface area contributed by atoms with Crippen LogP contribution in [-0.4, -0.2) is 41.6 Å². The van der Waals surface area contributed by atoms with Gasteiger partial charge in [0.05, 0.1) is 28.8 Å². The normalized spacial score (nSPS) is 10.8. The smallest absolute Gasteiger partial charge is 0.265 e. The maximum absolute atomic E-state index is 13.0. The summed E-state index contributed by atoms with van der Waals surface area (Å²) in [5, 5.41) is 13.5. The van der Waals surface area contributed by atoms with Crippen LogP contribution in [-0.2, 0) is 11.3 Å². The average Bonchev–Trinajstić information content (AvgIpc) is 3.36. The number of aromatic nitrogens is 6. The Morgan fingerprint density at radius 2 is 1.81 bits per heavy atom. The van der Waals surface area contributed by atoms with Crippen molar-refractivity contribution in [3.05, 3.63) is 66.7 Å². The first-order valence-electron chi connectivity index (χ1n) is 8.29. The Morgan fingerprint density at radius 3 is 2.67 bits per heavy atom. The Kier molecular flexibility index (Phi) is 4.40. The van der Waals surface area contributed by atoms with Crippen LogP contribution in [0.3, 0.4) is 0 Å². The molecule has 9 heteroatoms. The Bertz CT molecular complexity index is 1100. The quantitative estimate of drug-likeness (QED) is 0.580. The number of aryl methyl sites for hydroxylation is 1. The Hall–Kier alpha value is -3.88. The molecule has 4 aromatic rings. The second kappa shape index (κ2) is 7.16. The molecule has 0 aliphatic heterocycles. The van der Waals surface area contributed by atoms with Crippen molar-refractivity contribution in [3.8, 4) is 0 Å². The maximum atomic E-state index is 13.0. The van der Waals surface area contributed by atoms with Gasteiger partial charge in [-0.05, 0) is 34.7 Å². The lowest BCUT2D eigenvalue weighted by Crippen LogP contribution is -2.19. The van der Waals surface area contributed by atoms with E-state index < -0.39 is 0 Å². The summed E-state index contributed by atoms with van der Waals surface area (Å²) in [5.74, 6) is -0.499. The fourth-order valence-electron chi connectivity index (χ4n) is 2.74. The summed E-state index contributed by atoms with van der Waals surface area (Å²) in [4.78, 5) is 29.5. The van der Waals surface area contributed by atoms with Crippen LogP contribution in [0.4, 0.5) is 5.69 Å². The Labute approximate surface area is 153 Å². The standard InChI is InChI=1S/C18H15N7O2/c26-17(9-10-24-12-20-22-23-24)21-14-6-2-1-5-13(14)18(27)25-11-19-15-7-3-4-8-16(15)25/h1-8,11-12H,9-10H2,(H,21,26). The highest BCUT2D eigenvalue weighted by molar-refractivity contribution is 6.07. The number of carbonyl (C=O) groups is 2. The number of para-hydroxylation sites is 3. The molecule has 0 aliphatic carbocycles. The summed E-state index contributed by atoms with van der Waals surface area (Å²) < 4.78 is 2.94. The number of rotatable bonds is 5. The molecular formula is C18H15N7O2. The van der Waals surface area contributed by atoms with E-state index in [1.165, 1.54) is 21.9 Å². The molecule has 2 aromatic heterocycles. The van der Waals surface area contributed by atoms with Gasteiger partial charge in [0, 0.05) is 6.42 Å². The molecular weight excluding hydrogens is 346 g/mol. The molecule has 0 unspecified atom stereocenters. The van der Waals surface area contributed by atoms with Crippen molar-refractivity contribution in [3.63, 3.8) is 0 Å². The number of fused-ring (bicyclic) bond motifs is 1. The lowest BCUT2D eigenvalue weighted by Gasteiger charge is -2.11. The highest BCUT2D eigenvalue weighted by Crippen LogP contribution is 2.20. The van der Waals surface area contributed by atoms with E-state index in [4.69, 9.17) is 0 Å². The van der Waals surface area contributed by atoms with E-state index in [9.17, 15) is 9.59 Å². The third-order valence-electron chi connectivity index (χ3n) is 4.06. The zero-order valence-electron chi connectivity index (χ0n) is 14.2. The predicted octanol–water partition coefficient (Wildman–Crippen LogP) is 1.74. The zero-order valence-corrected chi connectivity index (χ0v) is 14.2. The van der Waals surface area contributed by atoms with Gasteiger partial charge in [-0.1, -0.05) is 24.3 Å². The van der Waals surface area contributed by atoms with Crippen LogP contribution in [0.2, 0.25) is 0 Å². The van der Waals surface area contributed by atoms with Crippen LogP contribution in [0.15, 0.2) is 61.2 Å². The number of nitrogens with zero attached hydrogens (tertiary/aromatic N) is 6. The minimum atomic E-state index is -0.264.